The average molecular weight is 382 g/mol. The van der Waals surface area contributed by atoms with Crippen LogP contribution in [0.2, 0.25) is 10.0 Å². The second-order valence-electron chi connectivity index (χ2n) is 4.82. The quantitative estimate of drug-likeness (QED) is 0.730. The molecule has 1 amide bonds. The molecule has 0 aliphatic carbocycles. The number of carbonyl (C=O) groups excluding carboxylic acids is 2. The Kier molecular flexibility index (Phi) is 7.31. The van der Waals surface area contributed by atoms with Gasteiger partial charge in [0.25, 0.3) is 5.91 Å². The first-order valence-corrected chi connectivity index (χ1v) is 9.56. The fraction of sp³-hybridized carbons (Fsp3) is 0.429. The Bertz CT molecular complexity index is 690. The van der Waals surface area contributed by atoms with Gasteiger partial charge in [-0.2, -0.15) is 0 Å². The zero-order valence-electron chi connectivity index (χ0n) is 12.6. The standard InChI is InChI=1S/C14H17Cl2NO5S/c1-3-22-14(19)12(6-7-23(2,20)21)17-13(18)10-5-4-9(15)8-11(10)16/h4-5,8,12H,3,6-7H2,1-2H3,(H,17,18)/t12-/m0/s1. The number of sulfone groups is 1. The molecule has 0 saturated carbocycles. The molecule has 0 aliphatic rings. The summed E-state index contributed by atoms with van der Waals surface area (Å²) in [6, 6.07) is 3.22. The summed E-state index contributed by atoms with van der Waals surface area (Å²) in [6.07, 6.45) is 0.960. The monoisotopic (exact) mass is 381 g/mol. The molecule has 0 aromatic heterocycles. The molecular formula is C14H17Cl2NO5S. The highest BCUT2D eigenvalue weighted by atomic mass is 35.5. The molecule has 0 heterocycles. The van der Waals surface area contributed by atoms with Crippen LogP contribution in [0.15, 0.2) is 18.2 Å². The van der Waals surface area contributed by atoms with Crippen LogP contribution in [0, 0.1) is 0 Å². The maximum Gasteiger partial charge on any atom is 0.328 e. The Hall–Kier alpha value is -1.31. The summed E-state index contributed by atoms with van der Waals surface area (Å²) < 4.78 is 27.4. The molecule has 128 valence electrons. The van der Waals surface area contributed by atoms with Crippen molar-refractivity contribution in [2.75, 3.05) is 18.6 Å². The van der Waals surface area contributed by atoms with Crippen LogP contribution in [0.25, 0.3) is 0 Å². The summed E-state index contributed by atoms with van der Waals surface area (Å²) in [5, 5.41) is 2.94. The minimum absolute atomic E-state index is 0.0887. The summed E-state index contributed by atoms with van der Waals surface area (Å²) in [5.74, 6) is -1.57. The van der Waals surface area contributed by atoms with Crippen molar-refractivity contribution in [3.05, 3.63) is 33.8 Å². The first kappa shape index (κ1) is 19.7. The largest absolute Gasteiger partial charge is 0.464 e. The smallest absolute Gasteiger partial charge is 0.328 e. The van der Waals surface area contributed by atoms with Crippen molar-refractivity contribution in [2.45, 2.75) is 19.4 Å². The highest BCUT2D eigenvalue weighted by Gasteiger charge is 2.25. The number of esters is 1. The van der Waals surface area contributed by atoms with Crippen molar-refractivity contribution in [3.63, 3.8) is 0 Å². The van der Waals surface area contributed by atoms with Gasteiger partial charge in [-0.3, -0.25) is 4.79 Å². The fourth-order valence-corrected chi connectivity index (χ4v) is 2.89. The van der Waals surface area contributed by atoms with Crippen LogP contribution in [-0.2, 0) is 19.4 Å². The van der Waals surface area contributed by atoms with E-state index in [4.69, 9.17) is 27.9 Å². The van der Waals surface area contributed by atoms with Gasteiger partial charge < -0.3 is 10.1 Å². The molecule has 9 heteroatoms. The Morgan fingerprint density at radius 2 is 1.96 bits per heavy atom. The number of ether oxygens (including phenoxy) is 1. The van der Waals surface area contributed by atoms with E-state index in [-0.39, 0.29) is 29.4 Å². The zero-order chi connectivity index (χ0) is 17.6. The van der Waals surface area contributed by atoms with Crippen molar-refractivity contribution < 1.29 is 22.7 Å². The zero-order valence-corrected chi connectivity index (χ0v) is 15.0. The second kappa shape index (κ2) is 8.52. The molecule has 1 aromatic carbocycles. The van der Waals surface area contributed by atoms with Gasteiger partial charge in [0.05, 0.1) is 22.9 Å². The van der Waals surface area contributed by atoms with Gasteiger partial charge in [-0.25, -0.2) is 13.2 Å². The summed E-state index contributed by atoms with van der Waals surface area (Å²) in [6.45, 7) is 1.73. The first-order chi connectivity index (χ1) is 10.6. The molecule has 1 N–H and O–H groups in total. The Morgan fingerprint density at radius 1 is 1.30 bits per heavy atom. The summed E-state index contributed by atoms with van der Waals surface area (Å²) in [4.78, 5) is 24.1. The van der Waals surface area contributed by atoms with Crippen LogP contribution < -0.4 is 5.32 Å². The van der Waals surface area contributed by atoms with Crippen molar-refractivity contribution in [1.82, 2.24) is 5.32 Å². The van der Waals surface area contributed by atoms with Gasteiger partial charge in [-0.15, -0.1) is 0 Å². The molecular weight excluding hydrogens is 365 g/mol. The van der Waals surface area contributed by atoms with Gasteiger partial charge in [-0.1, -0.05) is 23.2 Å². The molecule has 0 bridgehead atoms. The number of amides is 1. The minimum atomic E-state index is -3.28. The van der Waals surface area contributed by atoms with E-state index in [9.17, 15) is 18.0 Å². The predicted octanol–water partition coefficient (Wildman–Crippen LogP) is 2.09. The van der Waals surface area contributed by atoms with Gasteiger partial charge in [0.2, 0.25) is 0 Å². The molecule has 6 nitrogen and oxygen atoms in total. The van der Waals surface area contributed by atoms with Crippen LogP contribution in [0.3, 0.4) is 0 Å². The summed E-state index contributed by atoms with van der Waals surface area (Å²) in [5.41, 5.74) is 0.129. The highest BCUT2D eigenvalue weighted by Crippen LogP contribution is 2.21. The van der Waals surface area contributed by atoms with Crippen LogP contribution >= 0.6 is 23.2 Å². The number of benzene rings is 1. The van der Waals surface area contributed by atoms with E-state index in [0.29, 0.717) is 5.02 Å². The van der Waals surface area contributed by atoms with Crippen LogP contribution in [-0.4, -0.2) is 45.0 Å². The lowest BCUT2D eigenvalue weighted by Gasteiger charge is -2.17. The molecule has 0 saturated heterocycles. The van der Waals surface area contributed by atoms with Crippen molar-refractivity contribution in [1.29, 1.82) is 0 Å². The van der Waals surface area contributed by atoms with Crippen LogP contribution in [0.5, 0.6) is 0 Å². The van der Waals surface area contributed by atoms with Crippen LogP contribution in [0.4, 0.5) is 0 Å². The van der Waals surface area contributed by atoms with E-state index in [2.05, 4.69) is 5.32 Å². The molecule has 1 aromatic rings. The maximum atomic E-state index is 12.2. The third-order valence-electron chi connectivity index (χ3n) is 2.83. The normalized spacial score (nSPS) is 12.5. The molecule has 0 fully saturated rings. The maximum absolute atomic E-state index is 12.2. The lowest BCUT2D eigenvalue weighted by molar-refractivity contribution is -0.145. The molecule has 0 aliphatic heterocycles. The van der Waals surface area contributed by atoms with E-state index in [1.807, 2.05) is 0 Å². The lowest BCUT2D eigenvalue weighted by atomic mass is 10.1. The van der Waals surface area contributed by atoms with Gasteiger partial charge in [0.1, 0.15) is 15.9 Å². The fourth-order valence-electron chi connectivity index (χ4n) is 1.73. The van der Waals surface area contributed by atoms with E-state index in [1.54, 1.807) is 6.92 Å². The van der Waals surface area contributed by atoms with E-state index >= 15 is 0 Å². The SMILES string of the molecule is CCOC(=O)[C@H](CCS(C)(=O)=O)NC(=O)c1ccc(Cl)cc1Cl. The van der Waals surface area contributed by atoms with Crippen molar-refractivity contribution in [2.24, 2.45) is 0 Å². The average Bonchev–Trinajstić information content (AvgIpc) is 2.42. The van der Waals surface area contributed by atoms with Crippen molar-refractivity contribution in [3.8, 4) is 0 Å². The van der Waals surface area contributed by atoms with E-state index < -0.39 is 27.8 Å². The Morgan fingerprint density at radius 3 is 2.48 bits per heavy atom. The highest BCUT2D eigenvalue weighted by molar-refractivity contribution is 7.90. The Labute approximate surface area is 145 Å². The molecule has 1 atom stereocenters. The molecule has 0 radical (unpaired) electrons. The van der Waals surface area contributed by atoms with Crippen molar-refractivity contribution >= 4 is 44.9 Å². The number of hydrogen-bond donors (Lipinski definition) is 1. The Balaban J connectivity index is 2.90. The molecule has 1 rings (SSSR count). The number of rotatable bonds is 7. The third kappa shape index (κ3) is 6.76. The topological polar surface area (TPSA) is 89.5 Å². The predicted molar refractivity (Wildman–Crippen MR) is 88.7 cm³/mol. The number of carbonyl (C=O) groups is 2. The molecule has 23 heavy (non-hydrogen) atoms. The number of hydrogen-bond acceptors (Lipinski definition) is 5. The molecule has 0 unspecified atom stereocenters. The van der Waals surface area contributed by atoms with Gasteiger partial charge in [-0.05, 0) is 31.5 Å². The number of halogens is 2. The lowest BCUT2D eigenvalue weighted by Crippen LogP contribution is -2.43. The van der Waals surface area contributed by atoms with E-state index in [1.165, 1.54) is 18.2 Å². The van der Waals surface area contributed by atoms with Gasteiger partial charge >= 0.3 is 5.97 Å². The first-order valence-electron chi connectivity index (χ1n) is 6.74. The second-order valence-corrected chi connectivity index (χ2v) is 7.92. The summed E-state index contributed by atoms with van der Waals surface area (Å²) in [7, 11) is -3.28. The minimum Gasteiger partial charge on any atom is -0.464 e. The number of nitrogens with one attached hydrogen (secondary N) is 1. The van der Waals surface area contributed by atoms with Gasteiger partial charge in [0.15, 0.2) is 0 Å². The van der Waals surface area contributed by atoms with Crippen LogP contribution in [0.1, 0.15) is 23.7 Å². The van der Waals surface area contributed by atoms with Gasteiger partial charge in [0, 0.05) is 11.3 Å². The molecule has 0 spiro atoms. The third-order valence-corrected chi connectivity index (χ3v) is 4.35. The van der Waals surface area contributed by atoms with E-state index in [0.717, 1.165) is 6.26 Å². The summed E-state index contributed by atoms with van der Waals surface area (Å²) >= 11 is 11.7.